The van der Waals surface area contributed by atoms with Crippen LogP contribution in [-0.4, -0.2) is 18.8 Å². The van der Waals surface area contributed by atoms with E-state index in [2.05, 4.69) is 0 Å². The van der Waals surface area contributed by atoms with Crippen LogP contribution in [0.1, 0.15) is 44.9 Å². The lowest BCUT2D eigenvalue weighted by molar-refractivity contribution is 0.0826. The lowest BCUT2D eigenvalue weighted by atomic mass is 9.95. The predicted octanol–water partition coefficient (Wildman–Crippen LogP) is 2.07. The number of hydrogen-bond acceptors (Lipinski definition) is 2. The molecule has 2 aliphatic rings. The Kier molecular flexibility index (Phi) is 3.23. The van der Waals surface area contributed by atoms with E-state index in [0.29, 0.717) is 12.1 Å². The summed E-state index contributed by atoms with van der Waals surface area (Å²) in [6.07, 6.45) is 9.62. The summed E-state index contributed by atoms with van der Waals surface area (Å²) in [5.41, 5.74) is 6.13. The molecule has 1 heterocycles. The first kappa shape index (κ1) is 9.47. The highest BCUT2D eigenvalue weighted by Gasteiger charge is 2.26. The van der Waals surface area contributed by atoms with Crippen LogP contribution in [0.25, 0.3) is 0 Å². The number of ether oxygens (including phenoxy) is 1. The van der Waals surface area contributed by atoms with Crippen LogP contribution in [0.15, 0.2) is 0 Å². The van der Waals surface area contributed by atoms with Gasteiger partial charge >= 0.3 is 0 Å². The van der Waals surface area contributed by atoms with Gasteiger partial charge in [0.05, 0.1) is 6.10 Å². The third-order valence-corrected chi connectivity index (χ3v) is 3.52. The van der Waals surface area contributed by atoms with E-state index in [1.807, 2.05) is 0 Å². The van der Waals surface area contributed by atoms with Gasteiger partial charge in [-0.3, -0.25) is 0 Å². The van der Waals surface area contributed by atoms with Gasteiger partial charge in [0.1, 0.15) is 0 Å². The molecule has 2 fully saturated rings. The summed E-state index contributed by atoms with van der Waals surface area (Å²) in [4.78, 5) is 0. The molecule has 1 aliphatic heterocycles. The van der Waals surface area contributed by atoms with Gasteiger partial charge in [-0.15, -0.1) is 0 Å². The maximum absolute atomic E-state index is 6.13. The molecular weight excluding hydrogens is 162 g/mol. The first-order valence-electron chi connectivity index (χ1n) is 5.73. The van der Waals surface area contributed by atoms with Crippen molar-refractivity contribution in [2.24, 2.45) is 11.7 Å². The van der Waals surface area contributed by atoms with Crippen molar-refractivity contribution in [2.45, 2.75) is 57.1 Å². The minimum Gasteiger partial charge on any atom is -0.377 e. The zero-order chi connectivity index (χ0) is 9.10. The molecule has 2 heteroatoms. The second kappa shape index (κ2) is 4.43. The Labute approximate surface area is 80.8 Å². The average Bonchev–Trinajstić information content (AvgIpc) is 2.74. The second-order valence-electron chi connectivity index (χ2n) is 4.60. The summed E-state index contributed by atoms with van der Waals surface area (Å²) in [6, 6.07) is 0.311. The van der Waals surface area contributed by atoms with E-state index in [-0.39, 0.29) is 0 Å². The van der Waals surface area contributed by atoms with E-state index >= 15 is 0 Å². The fraction of sp³-hybridized carbons (Fsp3) is 1.00. The maximum Gasteiger partial charge on any atom is 0.0726 e. The monoisotopic (exact) mass is 183 g/mol. The Hall–Kier alpha value is -0.0800. The molecule has 0 radical (unpaired) electrons. The fourth-order valence-electron chi connectivity index (χ4n) is 2.72. The lowest BCUT2D eigenvalue weighted by Gasteiger charge is -2.21. The molecule has 0 amide bonds. The van der Waals surface area contributed by atoms with E-state index in [0.717, 1.165) is 12.5 Å². The van der Waals surface area contributed by atoms with Gasteiger partial charge in [0, 0.05) is 12.6 Å². The topological polar surface area (TPSA) is 35.2 Å². The van der Waals surface area contributed by atoms with Gasteiger partial charge in [-0.2, -0.15) is 0 Å². The van der Waals surface area contributed by atoms with E-state index in [1.54, 1.807) is 0 Å². The highest BCUT2D eigenvalue weighted by Crippen LogP contribution is 2.30. The summed E-state index contributed by atoms with van der Waals surface area (Å²) < 4.78 is 5.60. The quantitative estimate of drug-likeness (QED) is 0.727. The van der Waals surface area contributed by atoms with Crippen LogP contribution in [-0.2, 0) is 4.74 Å². The SMILES string of the molecule is NC(CC1CCCC1)C1CCCO1. The van der Waals surface area contributed by atoms with E-state index < -0.39 is 0 Å². The molecule has 2 nitrogen and oxygen atoms in total. The molecule has 13 heavy (non-hydrogen) atoms. The molecule has 2 atom stereocenters. The molecule has 2 unspecified atom stereocenters. The summed E-state index contributed by atoms with van der Waals surface area (Å²) in [6.45, 7) is 0.934. The molecule has 0 aromatic heterocycles. The second-order valence-corrected chi connectivity index (χ2v) is 4.60. The van der Waals surface area contributed by atoms with Gasteiger partial charge in [-0.1, -0.05) is 25.7 Å². The van der Waals surface area contributed by atoms with Crippen LogP contribution in [0.5, 0.6) is 0 Å². The Bertz CT molecular complexity index is 148. The van der Waals surface area contributed by atoms with Crippen molar-refractivity contribution < 1.29 is 4.74 Å². The van der Waals surface area contributed by atoms with Crippen molar-refractivity contribution in [3.8, 4) is 0 Å². The Morgan fingerprint density at radius 1 is 1.15 bits per heavy atom. The van der Waals surface area contributed by atoms with Gasteiger partial charge in [0.2, 0.25) is 0 Å². The molecule has 1 saturated heterocycles. The van der Waals surface area contributed by atoms with Gasteiger partial charge in [0.25, 0.3) is 0 Å². The standard InChI is InChI=1S/C11H21NO/c12-10(11-6-3-7-13-11)8-9-4-1-2-5-9/h9-11H,1-8,12H2. The normalized spacial score (nSPS) is 32.5. The maximum atomic E-state index is 6.13. The van der Waals surface area contributed by atoms with Gasteiger partial charge in [-0.25, -0.2) is 0 Å². The van der Waals surface area contributed by atoms with Crippen LogP contribution >= 0.6 is 0 Å². The number of hydrogen-bond donors (Lipinski definition) is 1. The molecule has 2 rings (SSSR count). The van der Waals surface area contributed by atoms with Gasteiger partial charge < -0.3 is 10.5 Å². The zero-order valence-corrected chi connectivity index (χ0v) is 8.37. The van der Waals surface area contributed by atoms with Crippen LogP contribution in [0.3, 0.4) is 0 Å². The summed E-state index contributed by atoms with van der Waals surface area (Å²) in [5.74, 6) is 0.902. The summed E-state index contributed by atoms with van der Waals surface area (Å²) in [7, 11) is 0. The Morgan fingerprint density at radius 3 is 2.54 bits per heavy atom. The Morgan fingerprint density at radius 2 is 1.92 bits per heavy atom. The molecular formula is C11H21NO. The zero-order valence-electron chi connectivity index (χ0n) is 8.37. The molecule has 0 bridgehead atoms. The van der Waals surface area contributed by atoms with E-state index in [9.17, 15) is 0 Å². The third kappa shape index (κ3) is 2.44. The minimum atomic E-state index is 0.311. The highest BCUT2D eigenvalue weighted by atomic mass is 16.5. The van der Waals surface area contributed by atoms with Crippen molar-refractivity contribution in [1.82, 2.24) is 0 Å². The van der Waals surface area contributed by atoms with Crippen LogP contribution < -0.4 is 5.73 Å². The van der Waals surface area contributed by atoms with Gasteiger partial charge in [0.15, 0.2) is 0 Å². The molecule has 1 aliphatic carbocycles. The number of rotatable bonds is 3. The van der Waals surface area contributed by atoms with Crippen molar-refractivity contribution in [2.75, 3.05) is 6.61 Å². The molecule has 76 valence electrons. The minimum absolute atomic E-state index is 0.311. The highest BCUT2D eigenvalue weighted by molar-refractivity contribution is 4.81. The van der Waals surface area contributed by atoms with Crippen molar-refractivity contribution in [1.29, 1.82) is 0 Å². The first-order chi connectivity index (χ1) is 6.36. The van der Waals surface area contributed by atoms with Gasteiger partial charge in [-0.05, 0) is 25.2 Å². The van der Waals surface area contributed by atoms with Crippen molar-refractivity contribution in [3.63, 3.8) is 0 Å². The first-order valence-corrected chi connectivity index (χ1v) is 5.73. The molecule has 0 aromatic rings. The van der Waals surface area contributed by atoms with Crippen LogP contribution in [0.4, 0.5) is 0 Å². The Balaban J connectivity index is 1.73. The summed E-state index contributed by atoms with van der Waals surface area (Å²) >= 11 is 0. The molecule has 0 aromatic carbocycles. The number of nitrogens with two attached hydrogens (primary N) is 1. The fourth-order valence-corrected chi connectivity index (χ4v) is 2.72. The van der Waals surface area contributed by atoms with E-state index in [1.165, 1.54) is 44.9 Å². The molecule has 1 saturated carbocycles. The van der Waals surface area contributed by atoms with Crippen molar-refractivity contribution >= 4 is 0 Å². The molecule has 0 spiro atoms. The third-order valence-electron chi connectivity index (χ3n) is 3.52. The van der Waals surface area contributed by atoms with Crippen LogP contribution in [0, 0.1) is 5.92 Å². The van der Waals surface area contributed by atoms with E-state index in [4.69, 9.17) is 10.5 Å². The average molecular weight is 183 g/mol. The largest absolute Gasteiger partial charge is 0.377 e. The predicted molar refractivity (Wildman–Crippen MR) is 53.5 cm³/mol. The van der Waals surface area contributed by atoms with Crippen molar-refractivity contribution in [3.05, 3.63) is 0 Å². The lowest BCUT2D eigenvalue weighted by Crippen LogP contribution is -2.35. The molecule has 2 N–H and O–H groups in total. The summed E-state index contributed by atoms with van der Waals surface area (Å²) in [5, 5.41) is 0. The van der Waals surface area contributed by atoms with Crippen LogP contribution in [0.2, 0.25) is 0 Å². The smallest absolute Gasteiger partial charge is 0.0726 e.